The van der Waals surface area contributed by atoms with Crippen LogP contribution in [-0.4, -0.2) is 26.6 Å². The fraction of sp³-hybridized carbons (Fsp3) is 0.286. The molecule has 21 heavy (non-hydrogen) atoms. The van der Waals surface area contributed by atoms with Gasteiger partial charge in [-0.3, -0.25) is 4.79 Å². The molecular weight excluding hydrogens is 298 g/mol. The quantitative estimate of drug-likeness (QED) is 0.862. The number of aliphatic carboxylic acids is 1. The largest absolute Gasteiger partial charge is 0.481 e. The molecule has 1 aliphatic rings. The Morgan fingerprint density at radius 1 is 1.38 bits per heavy atom. The zero-order chi connectivity index (χ0) is 15.0. The van der Waals surface area contributed by atoms with E-state index < -0.39 is 17.6 Å². The molecule has 0 aliphatic heterocycles. The Balaban J connectivity index is 2.00. The molecular formula is C14H12F2N2O2S. The van der Waals surface area contributed by atoms with E-state index in [-0.39, 0.29) is 11.4 Å². The Morgan fingerprint density at radius 3 is 2.76 bits per heavy atom. The summed E-state index contributed by atoms with van der Waals surface area (Å²) in [6.07, 6.45) is 2.07. The van der Waals surface area contributed by atoms with Gasteiger partial charge in [0.05, 0.1) is 11.4 Å². The first kappa shape index (κ1) is 14.1. The molecule has 4 nitrogen and oxygen atoms in total. The van der Waals surface area contributed by atoms with E-state index in [1.54, 1.807) is 6.07 Å². The topological polar surface area (TPSA) is 55.1 Å². The van der Waals surface area contributed by atoms with E-state index >= 15 is 0 Å². The Bertz CT molecular complexity index is 698. The van der Waals surface area contributed by atoms with Crippen LogP contribution in [0, 0.1) is 11.6 Å². The average Bonchev–Trinajstić information content (AvgIpc) is 3.18. The molecule has 2 aromatic rings. The van der Waals surface area contributed by atoms with Crippen LogP contribution in [0.25, 0.3) is 5.69 Å². The molecule has 7 heteroatoms. The van der Waals surface area contributed by atoms with E-state index in [0.29, 0.717) is 10.9 Å². The fourth-order valence-corrected chi connectivity index (χ4v) is 2.76. The Kier molecular flexibility index (Phi) is 3.67. The van der Waals surface area contributed by atoms with Crippen molar-refractivity contribution in [1.82, 2.24) is 9.78 Å². The van der Waals surface area contributed by atoms with Gasteiger partial charge >= 0.3 is 5.97 Å². The Labute approximate surface area is 123 Å². The molecule has 1 aliphatic carbocycles. The fourth-order valence-electron chi connectivity index (χ4n) is 2.02. The average molecular weight is 310 g/mol. The number of nitrogens with zero attached hydrogens (tertiary/aromatic N) is 2. The number of hydrogen-bond acceptors (Lipinski definition) is 3. The minimum atomic E-state index is -0.958. The van der Waals surface area contributed by atoms with Crippen LogP contribution >= 0.6 is 11.8 Å². The minimum Gasteiger partial charge on any atom is -0.481 e. The van der Waals surface area contributed by atoms with E-state index in [1.807, 2.05) is 0 Å². The molecule has 1 heterocycles. The number of carboxylic acid groups (broad SMARTS) is 1. The third kappa shape index (κ3) is 3.07. The number of thioether (sulfide) groups is 1. The van der Waals surface area contributed by atoms with E-state index in [2.05, 4.69) is 5.10 Å². The van der Waals surface area contributed by atoms with Crippen LogP contribution in [-0.2, 0) is 4.79 Å². The highest BCUT2D eigenvalue weighted by atomic mass is 32.2. The van der Waals surface area contributed by atoms with Gasteiger partial charge in [0.1, 0.15) is 16.5 Å². The first-order valence-electron chi connectivity index (χ1n) is 6.44. The second-order valence-corrected chi connectivity index (χ2v) is 5.87. The maximum absolute atomic E-state index is 13.9. The van der Waals surface area contributed by atoms with Gasteiger partial charge in [0.25, 0.3) is 0 Å². The second-order valence-electron chi connectivity index (χ2n) is 4.87. The molecule has 110 valence electrons. The molecule has 1 fully saturated rings. The number of benzene rings is 1. The summed E-state index contributed by atoms with van der Waals surface area (Å²) in [5, 5.41) is 13.7. The molecule has 0 unspecified atom stereocenters. The SMILES string of the molecule is O=C(O)CSc1cc(C2CC2)nn1-c1ccc(F)cc1F. The monoisotopic (exact) mass is 310 g/mol. The van der Waals surface area contributed by atoms with Gasteiger partial charge in [0.15, 0.2) is 5.82 Å². The normalized spacial score (nSPS) is 14.4. The second kappa shape index (κ2) is 5.48. The smallest absolute Gasteiger partial charge is 0.313 e. The van der Waals surface area contributed by atoms with Crippen LogP contribution < -0.4 is 0 Å². The molecule has 0 radical (unpaired) electrons. The minimum absolute atomic E-state index is 0.121. The molecule has 1 saturated carbocycles. The third-order valence-electron chi connectivity index (χ3n) is 3.17. The van der Waals surface area contributed by atoms with Crippen LogP contribution in [0.4, 0.5) is 8.78 Å². The van der Waals surface area contributed by atoms with Crippen molar-refractivity contribution in [2.24, 2.45) is 0 Å². The molecule has 0 bridgehead atoms. The summed E-state index contributed by atoms with van der Waals surface area (Å²) < 4.78 is 28.3. The van der Waals surface area contributed by atoms with Crippen molar-refractivity contribution in [2.45, 2.75) is 23.8 Å². The van der Waals surface area contributed by atoms with Gasteiger partial charge in [-0.15, -0.1) is 0 Å². The highest BCUT2D eigenvalue weighted by Gasteiger charge is 2.28. The van der Waals surface area contributed by atoms with Crippen molar-refractivity contribution in [1.29, 1.82) is 0 Å². The highest BCUT2D eigenvalue weighted by molar-refractivity contribution is 7.99. The van der Waals surface area contributed by atoms with Crippen molar-refractivity contribution in [3.8, 4) is 5.69 Å². The lowest BCUT2D eigenvalue weighted by atomic mass is 10.3. The van der Waals surface area contributed by atoms with Crippen LogP contribution in [0.3, 0.4) is 0 Å². The predicted octanol–water partition coefficient (Wildman–Crippen LogP) is 3.20. The summed E-state index contributed by atoms with van der Waals surface area (Å²) in [4.78, 5) is 10.7. The highest BCUT2D eigenvalue weighted by Crippen LogP contribution is 2.41. The molecule has 3 rings (SSSR count). The number of halogens is 2. The van der Waals surface area contributed by atoms with Crippen molar-refractivity contribution in [3.63, 3.8) is 0 Å². The van der Waals surface area contributed by atoms with Crippen molar-refractivity contribution >= 4 is 17.7 Å². The molecule has 0 saturated heterocycles. The number of rotatable bonds is 5. The van der Waals surface area contributed by atoms with Gasteiger partial charge in [-0.1, -0.05) is 11.8 Å². The van der Waals surface area contributed by atoms with Crippen LogP contribution in [0.2, 0.25) is 0 Å². The summed E-state index contributed by atoms with van der Waals surface area (Å²) in [5.74, 6) is -2.12. The van der Waals surface area contributed by atoms with E-state index in [4.69, 9.17) is 5.11 Å². The van der Waals surface area contributed by atoms with Gasteiger partial charge in [0, 0.05) is 12.0 Å². The lowest BCUT2D eigenvalue weighted by molar-refractivity contribution is -0.133. The summed E-state index contributed by atoms with van der Waals surface area (Å²) in [6.45, 7) is 0. The number of carboxylic acids is 1. The van der Waals surface area contributed by atoms with Gasteiger partial charge in [-0.05, 0) is 31.0 Å². The first-order chi connectivity index (χ1) is 10.0. The maximum atomic E-state index is 13.9. The van der Waals surface area contributed by atoms with E-state index in [0.717, 1.165) is 42.4 Å². The lowest BCUT2D eigenvalue weighted by Crippen LogP contribution is -2.04. The molecule has 0 amide bonds. The van der Waals surface area contributed by atoms with Gasteiger partial charge < -0.3 is 5.11 Å². The van der Waals surface area contributed by atoms with Gasteiger partial charge in [-0.2, -0.15) is 5.10 Å². The summed E-state index contributed by atoms with van der Waals surface area (Å²) in [5.41, 5.74) is 0.947. The third-order valence-corrected chi connectivity index (χ3v) is 4.15. The molecule has 1 N–H and O–H groups in total. The van der Waals surface area contributed by atoms with Crippen LogP contribution in [0.5, 0.6) is 0 Å². The summed E-state index contributed by atoms with van der Waals surface area (Å²) >= 11 is 1.07. The molecule has 0 atom stereocenters. The van der Waals surface area contributed by atoms with Gasteiger partial charge in [0.2, 0.25) is 0 Å². The van der Waals surface area contributed by atoms with Crippen molar-refractivity contribution in [3.05, 3.63) is 41.6 Å². The van der Waals surface area contributed by atoms with E-state index in [1.165, 1.54) is 10.7 Å². The maximum Gasteiger partial charge on any atom is 0.313 e. The standard InChI is InChI=1S/C14H12F2N2O2S/c15-9-3-4-12(10(16)5-9)18-13(21-7-14(19)20)6-11(17-18)8-1-2-8/h3-6,8H,1-2,7H2,(H,19,20). The Morgan fingerprint density at radius 2 is 2.14 bits per heavy atom. The zero-order valence-electron chi connectivity index (χ0n) is 10.9. The molecule has 1 aromatic heterocycles. The van der Waals surface area contributed by atoms with Crippen molar-refractivity contribution < 1.29 is 18.7 Å². The molecule has 1 aromatic carbocycles. The summed E-state index contributed by atoms with van der Waals surface area (Å²) in [6, 6.07) is 5.04. The van der Waals surface area contributed by atoms with Crippen LogP contribution in [0.15, 0.2) is 29.3 Å². The zero-order valence-corrected chi connectivity index (χ0v) is 11.7. The van der Waals surface area contributed by atoms with Gasteiger partial charge in [-0.25, -0.2) is 13.5 Å². The van der Waals surface area contributed by atoms with Crippen LogP contribution in [0.1, 0.15) is 24.5 Å². The predicted molar refractivity (Wildman–Crippen MR) is 73.8 cm³/mol. The first-order valence-corrected chi connectivity index (χ1v) is 7.43. The van der Waals surface area contributed by atoms with Crippen molar-refractivity contribution in [2.75, 3.05) is 5.75 Å². The lowest BCUT2D eigenvalue weighted by Gasteiger charge is -2.07. The number of aromatic nitrogens is 2. The number of carbonyl (C=O) groups is 1. The van der Waals surface area contributed by atoms with E-state index in [9.17, 15) is 13.6 Å². The Hall–Kier alpha value is -1.89. The summed E-state index contributed by atoms with van der Waals surface area (Å²) in [7, 11) is 0. The number of hydrogen-bond donors (Lipinski definition) is 1. The molecule has 0 spiro atoms.